The Morgan fingerprint density at radius 2 is 2.19 bits per heavy atom. The lowest BCUT2D eigenvalue weighted by molar-refractivity contribution is -0.143. The van der Waals surface area contributed by atoms with Gasteiger partial charge in [-0.05, 0) is 5.92 Å². The molecule has 16 heavy (non-hydrogen) atoms. The highest BCUT2D eigenvalue weighted by atomic mass is 16.4. The molecule has 1 atom stereocenters. The molecule has 1 aromatic rings. The molecule has 88 valence electrons. The first kappa shape index (κ1) is 12.2. The third-order valence-electron chi connectivity index (χ3n) is 2.13. The Hall–Kier alpha value is -1.85. The molecule has 6 nitrogen and oxygen atoms in total. The molecule has 0 aliphatic rings. The van der Waals surface area contributed by atoms with Crippen LogP contribution in [0.5, 0.6) is 0 Å². The van der Waals surface area contributed by atoms with Crippen LogP contribution in [0.2, 0.25) is 0 Å². The molecule has 0 saturated heterocycles. The number of carboxylic acids is 1. The molecule has 0 spiro atoms. The fraction of sp³-hybridized carbons (Fsp3) is 0.500. The van der Waals surface area contributed by atoms with Crippen molar-refractivity contribution in [1.29, 1.82) is 0 Å². The van der Waals surface area contributed by atoms with Crippen molar-refractivity contribution in [2.45, 2.75) is 26.4 Å². The first-order chi connectivity index (χ1) is 7.50. The number of amides is 1. The number of nitrogens with one attached hydrogen (secondary N) is 1. The Morgan fingerprint density at radius 3 is 2.62 bits per heavy atom. The molecule has 0 unspecified atom stereocenters. The number of carbonyl (C=O) groups excluding carboxylic acids is 1. The van der Waals surface area contributed by atoms with Crippen molar-refractivity contribution in [3.63, 3.8) is 0 Å². The molecular formula is C10H15N3O3. The van der Waals surface area contributed by atoms with Crippen LogP contribution in [0, 0.1) is 5.92 Å². The maximum Gasteiger partial charge on any atom is 0.326 e. The minimum atomic E-state index is -1.02. The largest absolute Gasteiger partial charge is 0.480 e. The summed E-state index contributed by atoms with van der Waals surface area (Å²) in [7, 11) is 0. The minimum absolute atomic E-state index is 0.0799. The van der Waals surface area contributed by atoms with Gasteiger partial charge in [0.25, 0.3) is 0 Å². The van der Waals surface area contributed by atoms with Gasteiger partial charge >= 0.3 is 5.97 Å². The first-order valence-electron chi connectivity index (χ1n) is 4.98. The van der Waals surface area contributed by atoms with Crippen LogP contribution in [0.25, 0.3) is 0 Å². The van der Waals surface area contributed by atoms with Gasteiger partial charge in [-0.15, -0.1) is 0 Å². The van der Waals surface area contributed by atoms with E-state index in [1.807, 2.05) is 0 Å². The van der Waals surface area contributed by atoms with Crippen molar-refractivity contribution in [3.8, 4) is 0 Å². The van der Waals surface area contributed by atoms with Crippen molar-refractivity contribution in [2.75, 3.05) is 0 Å². The molecule has 1 amide bonds. The van der Waals surface area contributed by atoms with Gasteiger partial charge in [0, 0.05) is 12.4 Å². The average Bonchev–Trinajstić information content (AvgIpc) is 2.65. The van der Waals surface area contributed by atoms with Gasteiger partial charge in [0.1, 0.15) is 12.6 Å². The molecule has 1 aromatic heterocycles. The first-order valence-corrected chi connectivity index (χ1v) is 4.98. The van der Waals surface area contributed by atoms with Crippen LogP contribution in [-0.2, 0) is 16.1 Å². The molecule has 0 bridgehead atoms. The van der Waals surface area contributed by atoms with E-state index in [0.717, 1.165) is 0 Å². The number of carbonyl (C=O) groups is 2. The third kappa shape index (κ3) is 3.38. The zero-order chi connectivity index (χ0) is 12.1. The maximum absolute atomic E-state index is 11.5. The van der Waals surface area contributed by atoms with Crippen molar-refractivity contribution >= 4 is 11.9 Å². The van der Waals surface area contributed by atoms with Crippen LogP contribution >= 0.6 is 0 Å². The van der Waals surface area contributed by atoms with Crippen molar-refractivity contribution < 1.29 is 14.7 Å². The van der Waals surface area contributed by atoms with E-state index < -0.39 is 12.0 Å². The van der Waals surface area contributed by atoms with Crippen LogP contribution < -0.4 is 5.32 Å². The van der Waals surface area contributed by atoms with E-state index in [4.69, 9.17) is 5.11 Å². The van der Waals surface area contributed by atoms with E-state index in [-0.39, 0.29) is 18.4 Å². The SMILES string of the molecule is CC(C)[C@H](NC(=O)Cn1ccnc1)C(=O)O. The summed E-state index contributed by atoms with van der Waals surface area (Å²) in [6.45, 7) is 3.57. The number of hydrogen-bond donors (Lipinski definition) is 2. The molecule has 0 fully saturated rings. The molecule has 0 radical (unpaired) electrons. The zero-order valence-corrected chi connectivity index (χ0v) is 9.25. The number of nitrogens with zero attached hydrogens (tertiary/aromatic N) is 2. The highest BCUT2D eigenvalue weighted by Crippen LogP contribution is 2.01. The van der Waals surface area contributed by atoms with E-state index in [1.165, 1.54) is 6.33 Å². The summed E-state index contributed by atoms with van der Waals surface area (Å²) in [5.41, 5.74) is 0. The summed E-state index contributed by atoms with van der Waals surface area (Å²) >= 11 is 0. The standard InChI is InChI=1S/C10H15N3O3/c1-7(2)9(10(15)16)12-8(14)5-13-4-3-11-6-13/h3-4,6-7,9H,5H2,1-2H3,(H,12,14)(H,15,16)/t9-/m0/s1. The summed E-state index contributed by atoms with van der Waals surface area (Å²) in [5.74, 6) is -1.50. The smallest absolute Gasteiger partial charge is 0.326 e. The lowest BCUT2D eigenvalue weighted by Crippen LogP contribution is -2.45. The second-order valence-corrected chi connectivity index (χ2v) is 3.86. The van der Waals surface area contributed by atoms with Crippen molar-refractivity contribution in [3.05, 3.63) is 18.7 Å². The van der Waals surface area contributed by atoms with E-state index in [9.17, 15) is 9.59 Å². The van der Waals surface area contributed by atoms with E-state index in [2.05, 4.69) is 10.3 Å². The molecule has 0 aliphatic heterocycles. The monoisotopic (exact) mass is 225 g/mol. The van der Waals surface area contributed by atoms with Gasteiger partial charge in [0.05, 0.1) is 6.33 Å². The highest BCUT2D eigenvalue weighted by Gasteiger charge is 2.23. The van der Waals surface area contributed by atoms with E-state index in [1.54, 1.807) is 30.8 Å². The fourth-order valence-corrected chi connectivity index (χ4v) is 1.28. The Kier molecular flexibility index (Phi) is 4.04. The Balaban J connectivity index is 2.52. The Bertz CT molecular complexity index is 359. The number of aliphatic carboxylic acids is 1. The molecule has 0 aliphatic carbocycles. The quantitative estimate of drug-likeness (QED) is 0.744. The van der Waals surface area contributed by atoms with E-state index >= 15 is 0 Å². The maximum atomic E-state index is 11.5. The predicted molar refractivity (Wildman–Crippen MR) is 56.6 cm³/mol. The second-order valence-electron chi connectivity index (χ2n) is 3.86. The lowest BCUT2D eigenvalue weighted by atomic mass is 10.1. The van der Waals surface area contributed by atoms with Gasteiger partial charge in [0.2, 0.25) is 5.91 Å². The number of carboxylic acid groups (broad SMARTS) is 1. The summed E-state index contributed by atoms with van der Waals surface area (Å²) in [6, 6.07) is -0.851. The van der Waals surface area contributed by atoms with Crippen LogP contribution in [0.1, 0.15) is 13.8 Å². The summed E-state index contributed by atoms with van der Waals surface area (Å²) in [5, 5.41) is 11.4. The molecule has 0 saturated carbocycles. The summed E-state index contributed by atoms with van der Waals surface area (Å²) in [6.07, 6.45) is 4.71. The Labute approximate surface area is 93.3 Å². The molecule has 1 heterocycles. The highest BCUT2D eigenvalue weighted by molar-refractivity contribution is 5.83. The van der Waals surface area contributed by atoms with Crippen LogP contribution in [0.3, 0.4) is 0 Å². The van der Waals surface area contributed by atoms with Crippen LogP contribution in [0.15, 0.2) is 18.7 Å². The molecule has 1 rings (SSSR count). The topological polar surface area (TPSA) is 84.2 Å². The molecular weight excluding hydrogens is 210 g/mol. The number of rotatable bonds is 5. The third-order valence-corrected chi connectivity index (χ3v) is 2.13. The summed E-state index contributed by atoms with van der Waals surface area (Å²) < 4.78 is 1.58. The van der Waals surface area contributed by atoms with E-state index in [0.29, 0.717) is 0 Å². The van der Waals surface area contributed by atoms with Crippen LogP contribution in [0.4, 0.5) is 0 Å². The number of hydrogen-bond acceptors (Lipinski definition) is 3. The predicted octanol–water partition coefficient (Wildman–Crippen LogP) is 0.108. The summed E-state index contributed by atoms with van der Waals surface area (Å²) in [4.78, 5) is 26.1. The second kappa shape index (κ2) is 5.29. The van der Waals surface area contributed by atoms with Gasteiger partial charge in [-0.25, -0.2) is 9.78 Å². The normalized spacial score (nSPS) is 12.4. The Morgan fingerprint density at radius 1 is 1.50 bits per heavy atom. The molecule has 0 aromatic carbocycles. The fourth-order valence-electron chi connectivity index (χ4n) is 1.28. The minimum Gasteiger partial charge on any atom is -0.480 e. The number of aromatic nitrogens is 2. The lowest BCUT2D eigenvalue weighted by Gasteiger charge is -2.17. The van der Waals surface area contributed by atoms with Gasteiger partial charge in [-0.2, -0.15) is 0 Å². The van der Waals surface area contributed by atoms with Crippen molar-refractivity contribution in [2.24, 2.45) is 5.92 Å². The molecule has 6 heteroatoms. The van der Waals surface area contributed by atoms with Gasteiger partial charge in [0.15, 0.2) is 0 Å². The van der Waals surface area contributed by atoms with Gasteiger partial charge < -0.3 is 15.0 Å². The average molecular weight is 225 g/mol. The number of imidazole rings is 1. The van der Waals surface area contributed by atoms with Crippen LogP contribution in [-0.4, -0.2) is 32.6 Å². The van der Waals surface area contributed by atoms with Gasteiger partial charge in [-0.1, -0.05) is 13.8 Å². The van der Waals surface area contributed by atoms with Crippen molar-refractivity contribution in [1.82, 2.24) is 14.9 Å². The zero-order valence-electron chi connectivity index (χ0n) is 9.25. The van der Waals surface area contributed by atoms with Gasteiger partial charge in [-0.3, -0.25) is 4.79 Å². The molecule has 2 N–H and O–H groups in total.